The number of hydrogen-bond acceptors (Lipinski definition) is 6. The summed E-state index contributed by atoms with van der Waals surface area (Å²) in [5.41, 5.74) is 2.80. The molecule has 0 fully saturated rings. The predicted octanol–water partition coefficient (Wildman–Crippen LogP) is 5.76. The summed E-state index contributed by atoms with van der Waals surface area (Å²) in [6, 6.07) is 26.0. The van der Waals surface area contributed by atoms with Crippen molar-refractivity contribution in [1.29, 1.82) is 0 Å². The van der Waals surface area contributed by atoms with Gasteiger partial charge in [0, 0.05) is 12.3 Å². The van der Waals surface area contributed by atoms with Crippen LogP contribution in [0.15, 0.2) is 90.3 Å². The summed E-state index contributed by atoms with van der Waals surface area (Å²) in [6.07, 6.45) is 0. The van der Waals surface area contributed by atoms with E-state index >= 15 is 0 Å². The monoisotopic (exact) mass is 458 g/mol. The molecule has 0 bridgehead atoms. The van der Waals surface area contributed by atoms with Gasteiger partial charge in [0.05, 0.1) is 16.9 Å². The van der Waals surface area contributed by atoms with Crippen molar-refractivity contribution in [3.63, 3.8) is 0 Å². The molecule has 1 heterocycles. The summed E-state index contributed by atoms with van der Waals surface area (Å²) in [5, 5.41) is 2.31. The van der Waals surface area contributed by atoms with Crippen LogP contribution in [0.1, 0.15) is 28.5 Å². The molecule has 0 aliphatic heterocycles. The molecule has 6 nitrogen and oxygen atoms in total. The zero-order valence-corrected chi connectivity index (χ0v) is 18.8. The fourth-order valence-corrected chi connectivity index (χ4v) is 3.99. The number of aromatic nitrogens is 1. The topological polar surface area (TPSA) is 68.7 Å². The van der Waals surface area contributed by atoms with Crippen LogP contribution in [0.2, 0.25) is 0 Å². The zero-order chi connectivity index (χ0) is 23.0. The molecule has 1 amide bonds. The predicted molar refractivity (Wildman–Crippen MR) is 128 cm³/mol. The highest BCUT2D eigenvalue weighted by Gasteiger charge is 2.18. The summed E-state index contributed by atoms with van der Waals surface area (Å²) in [7, 11) is 0. The molecule has 0 atom stereocenters. The van der Waals surface area contributed by atoms with Crippen LogP contribution in [0, 0.1) is 0 Å². The van der Waals surface area contributed by atoms with Crippen LogP contribution in [0.3, 0.4) is 0 Å². The molecule has 0 unspecified atom stereocenters. The van der Waals surface area contributed by atoms with Crippen molar-refractivity contribution < 1.29 is 19.1 Å². The van der Waals surface area contributed by atoms with Crippen molar-refractivity contribution in [1.82, 2.24) is 4.98 Å². The minimum absolute atomic E-state index is 0.0160. The minimum atomic E-state index is -0.453. The second-order valence-corrected chi connectivity index (χ2v) is 8.02. The Morgan fingerprint density at radius 3 is 2.21 bits per heavy atom. The molecule has 4 aromatic rings. The summed E-state index contributed by atoms with van der Waals surface area (Å²) in [6.45, 7) is 1.96. The maximum atomic E-state index is 12.4. The molecule has 0 spiro atoms. The Morgan fingerprint density at radius 1 is 0.879 bits per heavy atom. The number of rotatable bonds is 8. The standard InChI is InChI=1S/C26H22N2O4S/c1-19(29)28(23-10-6-3-7-11-23)26-27-22(18-33-26)17-32-25(30)21-12-14-24(15-13-21)31-16-20-8-4-2-5-9-20/h2-15,18H,16-17H2,1H3. The Balaban J connectivity index is 1.33. The van der Waals surface area contributed by atoms with Gasteiger partial charge in [-0.05, 0) is 42.0 Å². The number of anilines is 2. The van der Waals surface area contributed by atoms with E-state index in [1.807, 2.05) is 60.7 Å². The lowest BCUT2D eigenvalue weighted by Crippen LogP contribution is -2.22. The van der Waals surface area contributed by atoms with E-state index in [1.54, 1.807) is 29.6 Å². The first-order valence-electron chi connectivity index (χ1n) is 10.3. The lowest BCUT2D eigenvalue weighted by Gasteiger charge is -2.17. The highest BCUT2D eigenvalue weighted by atomic mass is 32.1. The third-order valence-corrected chi connectivity index (χ3v) is 5.62. The number of amides is 1. The minimum Gasteiger partial charge on any atom is -0.489 e. The zero-order valence-electron chi connectivity index (χ0n) is 18.0. The number of ether oxygens (including phenoxy) is 2. The van der Waals surface area contributed by atoms with Gasteiger partial charge >= 0.3 is 5.97 Å². The Morgan fingerprint density at radius 2 is 1.55 bits per heavy atom. The maximum absolute atomic E-state index is 12.4. The van der Waals surface area contributed by atoms with Crippen LogP contribution in [0.25, 0.3) is 0 Å². The van der Waals surface area contributed by atoms with E-state index in [1.165, 1.54) is 23.2 Å². The molecule has 33 heavy (non-hydrogen) atoms. The van der Waals surface area contributed by atoms with Gasteiger partial charge in [0.2, 0.25) is 5.91 Å². The Labute approximate surface area is 196 Å². The highest BCUT2D eigenvalue weighted by molar-refractivity contribution is 7.14. The molecular weight excluding hydrogens is 436 g/mol. The second kappa shape index (κ2) is 10.6. The number of nitrogens with zero attached hydrogens (tertiary/aromatic N) is 2. The molecule has 0 N–H and O–H groups in total. The molecule has 0 aliphatic rings. The first-order chi connectivity index (χ1) is 16.1. The van der Waals surface area contributed by atoms with Crippen molar-refractivity contribution in [3.8, 4) is 5.75 Å². The van der Waals surface area contributed by atoms with Crippen molar-refractivity contribution in [2.45, 2.75) is 20.1 Å². The van der Waals surface area contributed by atoms with E-state index in [0.29, 0.717) is 28.7 Å². The number of esters is 1. The summed E-state index contributed by atoms with van der Waals surface area (Å²) in [4.78, 5) is 30.6. The van der Waals surface area contributed by atoms with Crippen molar-refractivity contribution in [2.75, 3.05) is 4.90 Å². The molecule has 0 radical (unpaired) electrons. The number of benzene rings is 3. The number of carbonyl (C=O) groups is 2. The number of thiazole rings is 1. The lowest BCUT2D eigenvalue weighted by atomic mass is 10.2. The first kappa shape index (κ1) is 22.2. The van der Waals surface area contributed by atoms with Crippen LogP contribution < -0.4 is 9.64 Å². The van der Waals surface area contributed by atoms with E-state index < -0.39 is 5.97 Å². The van der Waals surface area contributed by atoms with Crippen molar-refractivity contribution in [2.24, 2.45) is 0 Å². The molecule has 4 rings (SSSR count). The Hall–Kier alpha value is -3.97. The quantitative estimate of drug-likeness (QED) is 0.314. The number of para-hydroxylation sites is 1. The van der Waals surface area contributed by atoms with Gasteiger partial charge in [-0.3, -0.25) is 9.69 Å². The van der Waals surface area contributed by atoms with Gasteiger partial charge in [-0.2, -0.15) is 0 Å². The van der Waals surface area contributed by atoms with E-state index in [-0.39, 0.29) is 12.5 Å². The van der Waals surface area contributed by atoms with E-state index in [9.17, 15) is 9.59 Å². The third kappa shape index (κ3) is 5.84. The van der Waals surface area contributed by atoms with E-state index in [0.717, 1.165) is 11.3 Å². The van der Waals surface area contributed by atoms with E-state index in [4.69, 9.17) is 9.47 Å². The van der Waals surface area contributed by atoms with Crippen LogP contribution in [0.5, 0.6) is 5.75 Å². The van der Waals surface area contributed by atoms with Crippen molar-refractivity contribution in [3.05, 3.63) is 107 Å². The SMILES string of the molecule is CC(=O)N(c1ccccc1)c1nc(COC(=O)c2ccc(OCc3ccccc3)cc2)cs1. The fraction of sp³-hybridized carbons (Fsp3) is 0.115. The summed E-state index contributed by atoms with van der Waals surface area (Å²) in [5.74, 6) is 0.0732. The molecule has 0 saturated heterocycles. The van der Waals surface area contributed by atoms with Crippen LogP contribution >= 0.6 is 11.3 Å². The van der Waals surface area contributed by atoms with Gasteiger partial charge in [0.1, 0.15) is 19.0 Å². The molecule has 7 heteroatoms. The number of hydrogen-bond donors (Lipinski definition) is 0. The lowest BCUT2D eigenvalue weighted by molar-refractivity contribution is -0.115. The normalized spacial score (nSPS) is 10.5. The van der Waals surface area contributed by atoms with Gasteiger partial charge in [0.15, 0.2) is 5.13 Å². The van der Waals surface area contributed by atoms with Gasteiger partial charge in [-0.15, -0.1) is 11.3 Å². The van der Waals surface area contributed by atoms with Crippen molar-refractivity contribution >= 4 is 34.0 Å². The van der Waals surface area contributed by atoms with Gasteiger partial charge in [-0.1, -0.05) is 48.5 Å². The summed E-state index contributed by atoms with van der Waals surface area (Å²) >= 11 is 1.32. The molecule has 1 aromatic heterocycles. The molecule has 3 aromatic carbocycles. The van der Waals surface area contributed by atoms with Crippen LogP contribution in [0.4, 0.5) is 10.8 Å². The molecular formula is C26H22N2O4S. The van der Waals surface area contributed by atoms with Crippen LogP contribution in [-0.4, -0.2) is 16.9 Å². The average Bonchev–Trinajstić information content (AvgIpc) is 3.31. The fourth-order valence-electron chi connectivity index (χ4n) is 3.12. The molecule has 0 aliphatic carbocycles. The summed E-state index contributed by atoms with van der Waals surface area (Å²) < 4.78 is 11.1. The maximum Gasteiger partial charge on any atom is 0.338 e. The second-order valence-electron chi connectivity index (χ2n) is 7.19. The number of carbonyl (C=O) groups excluding carboxylic acids is 2. The van der Waals surface area contributed by atoms with Gasteiger partial charge in [0.25, 0.3) is 0 Å². The Bertz CT molecular complexity index is 1210. The average molecular weight is 459 g/mol. The van der Waals surface area contributed by atoms with Crippen LogP contribution in [-0.2, 0) is 22.7 Å². The largest absolute Gasteiger partial charge is 0.489 e. The van der Waals surface area contributed by atoms with E-state index in [2.05, 4.69) is 4.98 Å². The molecule has 166 valence electrons. The van der Waals surface area contributed by atoms with Gasteiger partial charge in [-0.25, -0.2) is 9.78 Å². The third-order valence-electron chi connectivity index (χ3n) is 4.75. The Kier molecular flexibility index (Phi) is 7.12. The van der Waals surface area contributed by atoms with Gasteiger partial charge < -0.3 is 9.47 Å². The smallest absolute Gasteiger partial charge is 0.338 e. The first-order valence-corrected chi connectivity index (χ1v) is 11.2. The highest BCUT2D eigenvalue weighted by Crippen LogP contribution is 2.29. The molecule has 0 saturated carbocycles.